The predicted octanol–water partition coefficient (Wildman–Crippen LogP) is 1.62. The lowest BCUT2D eigenvalue weighted by Crippen LogP contribution is -2.13. The first kappa shape index (κ1) is 16.0. The van der Waals surface area contributed by atoms with Gasteiger partial charge in [-0.1, -0.05) is 0 Å². The average molecular weight is 315 g/mol. The summed E-state index contributed by atoms with van der Waals surface area (Å²) in [5, 5.41) is 20.1. The van der Waals surface area contributed by atoms with Crippen molar-refractivity contribution < 1.29 is 24.5 Å². The smallest absolute Gasteiger partial charge is 0.344 e. The van der Waals surface area contributed by atoms with E-state index in [4.69, 9.17) is 14.9 Å². The Balaban J connectivity index is 2.24. The summed E-state index contributed by atoms with van der Waals surface area (Å²) in [5.74, 6) is -1.73. The number of aliphatic carboxylic acids is 2. The number of nitrogens with one attached hydrogen (secondary N) is 1. The molecule has 1 aromatic heterocycles. The fourth-order valence-corrected chi connectivity index (χ4v) is 1.68. The van der Waals surface area contributed by atoms with Gasteiger partial charge in [-0.3, -0.25) is 0 Å². The number of hydrogen-bond donors (Lipinski definition) is 3. The molecule has 0 amide bonds. The topological polar surface area (TPSA) is 122 Å². The summed E-state index contributed by atoms with van der Waals surface area (Å²) in [4.78, 5) is 29.9. The highest BCUT2D eigenvalue weighted by Gasteiger charge is 2.15. The second kappa shape index (κ2) is 7.03. The van der Waals surface area contributed by atoms with Crippen molar-refractivity contribution in [2.75, 3.05) is 12.4 Å². The van der Waals surface area contributed by atoms with Crippen LogP contribution in [0.3, 0.4) is 0 Å². The molecule has 0 aliphatic carbocycles. The van der Waals surface area contributed by atoms with E-state index in [1.807, 2.05) is 0 Å². The SMILES string of the molecule is COc1ccc(-c2nccc(NC=C(C(=O)O)C(=O)O)n2)cc1. The lowest BCUT2D eigenvalue weighted by atomic mass is 10.2. The molecule has 0 radical (unpaired) electrons. The van der Waals surface area contributed by atoms with Crippen LogP contribution in [0.15, 0.2) is 48.3 Å². The molecule has 2 aromatic rings. The summed E-state index contributed by atoms with van der Waals surface area (Å²) in [5.41, 5.74) is -0.0651. The zero-order chi connectivity index (χ0) is 16.8. The molecule has 0 atom stereocenters. The van der Waals surface area contributed by atoms with Gasteiger partial charge in [0.15, 0.2) is 11.4 Å². The fourth-order valence-electron chi connectivity index (χ4n) is 1.68. The van der Waals surface area contributed by atoms with Gasteiger partial charge in [0, 0.05) is 18.0 Å². The van der Waals surface area contributed by atoms with E-state index >= 15 is 0 Å². The van der Waals surface area contributed by atoms with Gasteiger partial charge in [0.2, 0.25) is 0 Å². The minimum Gasteiger partial charge on any atom is -0.497 e. The van der Waals surface area contributed by atoms with Crippen LogP contribution >= 0.6 is 0 Å². The molecule has 0 saturated heterocycles. The van der Waals surface area contributed by atoms with E-state index in [0.29, 0.717) is 11.6 Å². The van der Waals surface area contributed by atoms with Crippen LogP contribution in [0.5, 0.6) is 5.75 Å². The molecule has 118 valence electrons. The summed E-state index contributed by atoms with van der Waals surface area (Å²) in [6.07, 6.45) is 2.34. The Labute approximate surface area is 131 Å². The monoisotopic (exact) mass is 315 g/mol. The lowest BCUT2D eigenvalue weighted by Gasteiger charge is -2.05. The van der Waals surface area contributed by atoms with Crippen LogP contribution in [0.1, 0.15) is 0 Å². The summed E-state index contributed by atoms with van der Waals surface area (Å²) >= 11 is 0. The number of carboxylic acids is 2. The number of carboxylic acid groups (broad SMARTS) is 2. The van der Waals surface area contributed by atoms with E-state index in [9.17, 15) is 9.59 Å². The Morgan fingerprint density at radius 3 is 2.35 bits per heavy atom. The van der Waals surface area contributed by atoms with Gasteiger partial charge < -0.3 is 20.3 Å². The van der Waals surface area contributed by atoms with Crippen LogP contribution in [0.25, 0.3) is 11.4 Å². The molecule has 0 aliphatic rings. The highest BCUT2D eigenvalue weighted by Crippen LogP contribution is 2.20. The molecule has 23 heavy (non-hydrogen) atoms. The Bertz CT molecular complexity index is 740. The van der Waals surface area contributed by atoms with E-state index in [-0.39, 0.29) is 5.82 Å². The molecular formula is C15H13N3O5. The third-order valence-corrected chi connectivity index (χ3v) is 2.83. The minimum atomic E-state index is -1.55. The average Bonchev–Trinajstić information content (AvgIpc) is 2.55. The van der Waals surface area contributed by atoms with Gasteiger partial charge in [0.05, 0.1) is 7.11 Å². The molecule has 1 heterocycles. The van der Waals surface area contributed by atoms with Gasteiger partial charge in [-0.15, -0.1) is 0 Å². The number of methoxy groups -OCH3 is 1. The Kier molecular flexibility index (Phi) is 4.88. The molecule has 0 spiro atoms. The zero-order valence-corrected chi connectivity index (χ0v) is 12.1. The van der Waals surface area contributed by atoms with Gasteiger partial charge in [0.25, 0.3) is 0 Å². The van der Waals surface area contributed by atoms with Crippen LogP contribution in [-0.4, -0.2) is 39.2 Å². The Hall–Kier alpha value is -3.42. The standard InChI is InChI=1S/C15H13N3O5/c1-23-10-4-2-9(3-5-10)13-16-7-6-12(18-13)17-8-11(14(19)20)15(21)22/h2-8H,1H3,(H,19,20)(H,21,22)(H,16,17,18). The number of aromatic nitrogens is 2. The maximum atomic E-state index is 10.8. The third-order valence-electron chi connectivity index (χ3n) is 2.83. The van der Waals surface area contributed by atoms with Crippen molar-refractivity contribution in [3.05, 3.63) is 48.3 Å². The first-order chi connectivity index (χ1) is 11.0. The van der Waals surface area contributed by atoms with Gasteiger partial charge in [0.1, 0.15) is 11.6 Å². The molecule has 0 fully saturated rings. The van der Waals surface area contributed by atoms with Crippen molar-refractivity contribution in [2.24, 2.45) is 0 Å². The fraction of sp³-hybridized carbons (Fsp3) is 0.0667. The van der Waals surface area contributed by atoms with Crippen molar-refractivity contribution in [2.45, 2.75) is 0 Å². The van der Waals surface area contributed by atoms with Crippen LogP contribution in [0, 0.1) is 0 Å². The number of ether oxygens (including phenoxy) is 1. The van der Waals surface area contributed by atoms with Crippen molar-refractivity contribution in [1.29, 1.82) is 0 Å². The summed E-state index contributed by atoms with van der Waals surface area (Å²) in [6.45, 7) is 0. The van der Waals surface area contributed by atoms with Gasteiger partial charge in [-0.05, 0) is 30.3 Å². The molecule has 0 aliphatic heterocycles. The van der Waals surface area contributed by atoms with Gasteiger partial charge >= 0.3 is 11.9 Å². The second-order valence-electron chi connectivity index (χ2n) is 4.31. The molecule has 1 aromatic carbocycles. The Morgan fingerprint density at radius 1 is 1.13 bits per heavy atom. The number of nitrogens with zero attached hydrogens (tertiary/aromatic N) is 2. The highest BCUT2D eigenvalue weighted by atomic mass is 16.5. The summed E-state index contributed by atoms with van der Waals surface area (Å²) in [6, 6.07) is 8.55. The lowest BCUT2D eigenvalue weighted by molar-refractivity contribution is -0.140. The molecule has 0 bridgehead atoms. The molecule has 2 rings (SSSR count). The molecule has 3 N–H and O–H groups in total. The number of carbonyl (C=O) groups is 2. The van der Waals surface area contributed by atoms with E-state index < -0.39 is 17.5 Å². The summed E-state index contributed by atoms with van der Waals surface area (Å²) in [7, 11) is 1.56. The van der Waals surface area contributed by atoms with E-state index in [1.54, 1.807) is 31.4 Å². The van der Waals surface area contributed by atoms with Gasteiger partial charge in [-0.2, -0.15) is 0 Å². The number of benzene rings is 1. The minimum absolute atomic E-state index is 0.269. The maximum absolute atomic E-state index is 10.8. The molecule has 0 unspecified atom stereocenters. The number of anilines is 1. The van der Waals surface area contributed by atoms with E-state index in [1.165, 1.54) is 12.3 Å². The molecule has 8 nitrogen and oxygen atoms in total. The van der Waals surface area contributed by atoms with Crippen LogP contribution in [0.2, 0.25) is 0 Å². The van der Waals surface area contributed by atoms with Crippen molar-refractivity contribution in [1.82, 2.24) is 9.97 Å². The molecule has 0 saturated carbocycles. The van der Waals surface area contributed by atoms with Gasteiger partial charge in [-0.25, -0.2) is 19.6 Å². The maximum Gasteiger partial charge on any atom is 0.344 e. The third kappa shape index (κ3) is 4.03. The van der Waals surface area contributed by atoms with Crippen molar-refractivity contribution in [3.63, 3.8) is 0 Å². The predicted molar refractivity (Wildman–Crippen MR) is 81.0 cm³/mol. The summed E-state index contributed by atoms with van der Waals surface area (Å²) < 4.78 is 5.07. The molecular weight excluding hydrogens is 302 g/mol. The number of rotatable bonds is 6. The first-order valence-electron chi connectivity index (χ1n) is 6.42. The Morgan fingerprint density at radius 2 is 1.78 bits per heavy atom. The van der Waals surface area contributed by atoms with E-state index in [2.05, 4.69) is 15.3 Å². The quantitative estimate of drug-likeness (QED) is 0.417. The van der Waals surface area contributed by atoms with Crippen molar-refractivity contribution in [3.8, 4) is 17.1 Å². The van der Waals surface area contributed by atoms with E-state index in [0.717, 1.165) is 11.8 Å². The van der Waals surface area contributed by atoms with Crippen LogP contribution in [-0.2, 0) is 9.59 Å². The molecule has 8 heteroatoms. The highest BCUT2D eigenvalue weighted by molar-refractivity contribution is 6.12. The zero-order valence-electron chi connectivity index (χ0n) is 12.1. The number of hydrogen-bond acceptors (Lipinski definition) is 6. The van der Waals surface area contributed by atoms with Crippen molar-refractivity contribution >= 4 is 17.8 Å². The first-order valence-corrected chi connectivity index (χ1v) is 6.42. The largest absolute Gasteiger partial charge is 0.497 e. The second-order valence-corrected chi connectivity index (χ2v) is 4.31. The van der Waals surface area contributed by atoms with Crippen LogP contribution in [0.4, 0.5) is 5.82 Å². The normalized spacial score (nSPS) is 9.78. The van der Waals surface area contributed by atoms with Crippen LogP contribution < -0.4 is 10.1 Å².